The molecule has 3 atom stereocenters. The van der Waals surface area contributed by atoms with Crippen LogP contribution in [0.1, 0.15) is 47.0 Å². The van der Waals surface area contributed by atoms with E-state index in [2.05, 4.69) is 26.1 Å². The van der Waals surface area contributed by atoms with Gasteiger partial charge in [0.1, 0.15) is 0 Å². The molecule has 2 nitrogen and oxygen atoms in total. The Labute approximate surface area is 99.2 Å². The molecule has 0 radical (unpaired) electrons. The summed E-state index contributed by atoms with van der Waals surface area (Å²) in [5.41, 5.74) is 0. The van der Waals surface area contributed by atoms with E-state index in [0.29, 0.717) is 11.3 Å². The normalized spacial score (nSPS) is 17.4. The van der Waals surface area contributed by atoms with Gasteiger partial charge >= 0.3 is 0 Å². The Bertz CT molecular complexity index is 142. The third kappa shape index (κ3) is 9.21. The zero-order valence-corrected chi connectivity index (χ0v) is 11.4. The number of aliphatic hydroxyl groups excluding tert-OH is 1. The van der Waals surface area contributed by atoms with E-state index in [1.807, 2.05) is 18.7 Å². The zero-order chi connectivity index (χ0) is 11.7. The van der Waals surface area contributed by atoms with Crippen molar-refractivity contribution in [3.63, 3.8) is 0 Å². The molecule has 2 N–H and O–H groups in total. The van der Waals surface area contributed by atoms with E-state index in [4.69, 9.17) is 0 Å². The molecule has 0 aliphatic heterocycles. The van der Waals surface area contributed by atoms with Crippen LogP contribution in [-0.2, 0) is 0 Å². The fourth-order valence-electron chi connectivity index (χ4n) is 1.29. The topological polar surface area (TPSA) is 32.3 Å². The molecule has 3 unspecified atom stereocenters. The maximum atomic E-state index is 9.31. The maximum absolute atomic E-state index is 9.31. The Morgan fingerprint density at radius 3 is 2.47 bits per heavy atom. The molecule has 0 saturated heterocycles. The SMILES string of the molecule is CCCNC(C)CCCSC(C)C(C)O. The van der Waals surface area contributed by atoms with Crippen LogP contribution in [0.3, 0.4) is 0 Å². The lowest BCUT2D eigenvalue weighted by molar-refractivity contribution is 0.196. The highest BCUT2D eigenvalue weighted by Gasteiger charge is 2.08. The quantitative estimate of drug-likeness (QED) is 0.601. The van der Waals surface area contributed by atoms with Gasteiger partial charge in [0.05, 0.1) is 6.10 Å². The second kappa shape index (κ2) is 9.49. The van der Waals surface area contributed by atoms with Gasteiger partial charge in [0, 0.05) is 11.3 Å². The summed E-state index contributed by atoms with van der Waals surface area (Å²) < 4.78 is 0. The lowest BCUT2D eigenvalue weighted by Gasteiger charge is -2.15. The van der Waals surface area contributed by atoms with E-state index in [9.17, 15) is 5.11 Å². The van der Waals surface area contributed by atoms with Gasteiger partial charge in [-0.1, -0.05) is 13.8 Å². The molecule has 0 saturated carbocycles. The zero-order valence-electron chi connectivity index (χ0n) is 10.6. The number of hydrogen-bond donors (Lipinski definition) is 2. The van der Waals surface area contributed by atoms with Crippen molar-refractivity contribution in [2.45, 2.75) is 64.4 Å². The first kappa shape index (κ1) is 15.3. The smallest absolute Gasteiger partial charge is 0.0627 e. The molecule has 0 amide bonds. The summed E-state index contributed by atoms with van der Waals surface area (Å²) in [7, 11) is 0. The van der Waals surface area contributed by atoms with Gasteiger partial charge in [-0.25, -0.2) is 0 Å². The van der Waals surface area contributed by atoms with Gasteiger partial charge in [0.25, 0.3) is 0 Å². The standard InChI is InChI=1S/C12H27NOS/c1-5-8-13-10(2)7-6-9-15-12(4)11(3)14/h10-14H,5-9H2,1-4H3. The molecular weight excluding hydrogens is 206 g/mol. The van der Waals surface area contributed by atoms with Gasteiger partial charge in [-0.3, -0.25) is 0 Å². The summed E-state index contributed by atoms with van der Waals surface area (Å²) in [6.07, 6.45) is 3.49. The molecule has 0 spiro atoms. The van der Waals surface area contributed by atoms with Crippen LogP contribution in [0.25, 0.3) is 0 Å². The molecular formula is C12H27NOS. The van der Waals surface area contributed by atoms with Crippen LogP contribution in [0.15, 0.2) is 0 Å². The monoisotopic (exact) mass is 233 g/mol. The van der Waals surface area contributed by atoms with Gasteiger partial charge in [-0.05, 0) is 45.4 Å². The summed E-state index contributed by atoms with van der Waals surface area (Å²) in [6, 6.07) is 0.632. The van der Waals surface area contributed by atoms with E-state index < -0.39 is 0 Å². The van der Waals surface area contributed by atoms with Crippen LogP contribution < -0.4 is 5.32 Å². The van der Waals surface area contributed by atoms with Crippen LogP contribution in [0.5, 0.6) is 0 Å². The van der Waals surface area contributed by atoms with E-state index in [-0.39, 0.29) is 6.10 Å². The van der Waals surface area contributed by atoms with E-state index >= 15 is 0 Å². The number of rotatable bonds is 9. The Hall–Kier alpha value is 0.270. The molecule has 92 valence electrons. The van der Waals surface area contributed by atoms with Crippen molar-refractivity contribution in [1.29, 1.82) is 0 Å². The Morgan fingerprint density at radius 1 is 1.27 bits per heavy atom. The summed E-state index contributed by atoms with van der Waals surface area (Å²) in [5, 5.41) is 13.2. The second-order valence-corrected chi connectivity index (χ2v) is 5.80. The van der Waals surface area contributed by atoms with Crippen LogP contribution in [-0.4, -0.2) is 34.8 Å². The van der Waals surface area contributed by atoms with Crippen molar-refractivity contribution in [3.05, 3.63) is 0 Å². The van der Waals surface area contributed by atoms with Crippen LogP contribution in [0.2, 0.25) is 0 Å². The molecule has 15 heavy (non-hydrogen) atoms. The Morgan fingerprint density at radius 2 is 1.93 bits per heavy atom. The molecule has 0 bridgehead atoms. The summed E-state index contributed by atoms with van der Waals surface area (Å²) in [5.74, 6) is 1.16. The van der Waals surface area contributed by atoms with Gasteiger partial charge in [-0.2, -0.15) is 11.8 Å². The summed E-state index contributed by atoms with van der Waals surface area (Å²) in [6.45, 7) is 9.52. The maximum Gasteiger partial charge on any atom is 0.0627 e. The predicted molar refractivity (Wildman–Crippen MR) is 70.6 cm³/mol. The molecule has 0 rings (SSSR count). The lowest BCUT2D eigenvalue weighted by atomic mass is 10.2. The van der Waals surface area contributed by atoms with Crippen molar-refractivity contribution in [2.24, 2.45) is 0 Å². The highest BCUT2D eigenvalue weighted by Crippen LogP contribution is 2.16. The van der Waals surface area contributed by atoms with Gasteiger partial charge in [0.2, 0.25) is 0 Å². The third-order valence-corrected chi connectivity index (χ3v) is 4.03. The average Bonchev–Trinajstić information content (AvgIpc) is 2.20. The number of hydrogen-bond acceptors (Lipinski definition) is 3. The summed E-state index contributed by atoms with van der Waals surface area (Å²) >= 11 is 1.87. The largest absolute Gasteiger partial charge is 0.392 e. The van der Waals surface area contributed by atoms with Crippen molar-refractivity contribution in [2.75, 3.05) is 12.3 Å². The fourth-order valence-corrected chi connectivity index (χ4v) is 2.27. The minimum absolute atomic E-state index is 0.189. The van der Waals surface area contributed by atoms with Crippen LogP contribution in [0.4, 0.5) is 0 Å². The molecule has 3 heteroatoms. The molecule has 0 aromatic heterocycles. The molecule has 0 aromatic carbocycles. The van der Waals surface area contributed by atoms with Gasteiger partial charge in [-0.15, -0.1) is 0 Å². The second-order valence-electron chi connectivity index (χ2n) is 4.31. The number of thioether (sulfide) groups is 1. The van der Waals surface area contributed by atoms with Crippen molar-refractivity contribution >= 4 is 11.8 Å². The Kier molecular flexibility index (Phi) is 9.66. The molecule has 0 aliphatic rings. The van der Waals surface area contributed by atoms with E-state index in [1.54, 1.807) is 0 Å². The first-order valence-corrected chi connectivity index (χ1v) is 7.15. The molecule has 0 fully saturated rings. The van der Waals surface area contributed by atoms with Crippen LogP contribution >= 0.6 is 11.8 Å². The highest BCUT2D eigenvalue weighted by molar-refractivity contribution is 7.99. The minimum atomic E-state index is -0.189. The first-order valence-electron chi connectivity index (χ1n) is 6.11. The van der Waals surface area contributed by atoms with E-state index in [1.165, 1.54) is 19.3 Å². The molecule has 0 aromatic rings. The van der Waals surface area contributed by atoms with Gasteiger partial charge < -0.3 is 10.4 Å². The third-order valence-electron chi connectivity index (χ3n) is 2.58. The highest BCUT2D eigenvalue weighted by atomic mass is 32.2. The van der Waals surface area contributed by atoms with Gasteiger partial charge in [0.15, 0.2) is 0 Å². The minimum Gasteiger partial charge on any atom is -0.392 e. The lowest BCUT2D eigenvalue weighted by Crippen LogP contribution is -2.26. The van der Waals surface area contributed by atoms with Crippen molar-refractivity contribution < 1.29 is 5.11 Å². The predicted octanol–water partition coefficient (Wildman–Crippen LogP) is 2.66. The number of aliphatic hydroxyl groups is 1. The molecule has 0 heterocycles. The fraction of sp³-hybridized carbons (Fsp3) is 1.00. The average molecular weight is 233 g/mol. The van der Waals surface area contributed by atoms with Crippen LogP contribution in [0, 0.1) is 0 Å². The van der Waals surface area contributed by atoms with Crippen molar-refractivity contribution in [1.82, 2.24) is 5.32 Å². The Balaban J connectivity index is 3.30. The molecule has 0 aliphatic carbocycles. The van der Waals surface area contributed by atoms with Crippen molar-refractivity contribution in [3.8, 4) is 0 Å². The summed E-state index contributed by atoms with van der Waals surface area (Å²) in [4.78, 5) is 0. The first-order chi connectivity index (χ1) is 7.07. The number of nitrogens with one attached hydrogen (secondary N) is 1. The van der Waals surface area contributed by atoms with E-state index in [0.717, 1.165) is 12.3 Å².